The molecule has 1 fully saturated rings. The van der Waals surface area contributed by atoms with Crippen molar-refractivity contribution in [2.45, 2.75) is 13.0 Å². The van der Waals surface area contributed by atoms with Gasteiger partial charge in [-0.15, -0.1) is 0 Å². The molecule has 1 atom stereocenters. The van der Waals surface area contributed by atoms with Crippen LogP contribution >= 0.6 is 11.3 Å². The van der Waals surface area contributed by atoms with Crippen LogP contribution in [-0.2, 0) is 14.3 Å². The van der Waals surface area contributed by atoms with E-state index in [-0.39, 0.29) is 21.3 Å². The van der Waals surface area contributed by atoms with Crippen molar-refractivity contribution in [1.82, 2.24) is 9.97 Å². The van der Waals surface area contributed by atoms with E-state index in [1.807, 2.05) is 0 Å². The first-order chi connectivity index (χ1) is 16.9. The highest BCUT2D eigenvalue weighted by Crippen LogP contribution is 2.43. The lowest BCUT2D eigenvalue weighted by atomic mass is 9.96. The molecule has 0 bridgehead atoms. The van der Waals surface area contributed by atoms with Gasteiger partial charge in [0.1, 0.15) is 23.0 Å². The van der Waals surface area contributed by atoms with Crippen LogP contribution in [0.25, 0.3) is 5.76 Å². The Morgan fingerprint density at radius 1 is 1.26 bits per heavy atom. The van der Waals surface area contributed by atoms with E-state index in [9.17, 15) is 19.5 Å². The summed E-state index contributed by atoms with van der Waals surface area (Å²) in [5.41, 5.74) is 1.06. The fraction of sp³-hybridized carbons (Fsp3) is 0.160. The number of thiazole rings is 1. The molecule has 0 aliphatic carbocycles. The molecule has 2 aromatic heterocycles. The number of aliphatic hydroxyl groups excluding tert-OH is 1. The van der Waals surface area contributed by atoms with Gasteiger partial charge >= 0.3 is 11.9 Å². The van der Waals surface area contributed by atoms with Crippen LogP contribution < -0.4 is 9.64 Å². The Labute approximate surface area is 205 Å². The first-order valence-electron chi connectivity index (χ1n) is 10.5. The third-order valence-corrected chi connectivity index (χ3v) is 6.44. The van der Waals surface area contributed by atoms with Crippen LogP contribution in [0, 0.1) is 6.92 Å². The van der Waals surface area contributed by atoms with Crippen molar-refractivity contribution >= 4 is 39.9 Å². The van der Waals surface area contributed by atoms with Gasteiger partial charge in [0, 0.05) is 18.0 Å². The van der Waals surface area contributed by atoms with Gasteiger partial charge in [-0.3, -0.25) is 19.5 Å². The fourth-order valence-electron chi connectivity index (χ4n) is 3.67. The Hall–Kier alpha value is -4.31. The number of carbonyl (C=O) groups excluding carboxylic acids is 3. The number of methoxy groups -OCH3 is 1. The molecule has 10 heteroatoms. The zero-order chi connectivity index (χ0) is 25.1. The van der Waals surface area contributed by atoms with E-state index in [2.05, 4.69) is 16.5 Å². The third-order valence-electron chi connectivity index (χ3n) is 5.30. The number of amides is 1. The summed E-state index contributed by atoms with van der Waals surface area (Å²) < 4.78 is 10.3. The number of ketones is 1. The predicted molar refractivity (Wildman–Crippen MR) is 129 cm³/mol. The van der Waals surface area contributed by atoms with Gasteiger partial charge in [0.2, 0.25) is 0 Å². The van der Waals surface area contributed by atoms with E-state index in [0.29, 0.717) is 29.2 Å². The van der Waals surface area contributed by atoms with E-state index in [0.717, 1.165) is 11.3 Å². The van der Waals surface area contributed by atoms with E-state index in [1.165, 1.54) is 18.2 Å². The summed E-state index contributed by atoms with van der Waals surface area (Å²) in [7, 11) is 1.25. The van der Waals surface area contributed by atoms with Crippen molar-refractivity contribution in [3.8, 4) is 5.75 Å². The monoisotopic (exact) mass is 491 g/mol. The van der Waals surface area contributed by atoms with Gasteiger partial charge in [0.05, 0.1) is 24.4 Å². The van der Waals surface area contributed by atoms with Crippen molar-refractivity contribution < 1.29 is 29.0 Å². The molecule has 0 unspecified atom stereocenters. The van der Waals surface area contributed by atoms with E-state index < -0.39 is 23.7 Å². The maximum Gasteiger partial charge on any atom is 0.350 e. The Morgan fingerprint density at radius 3 is 2.63 bits per heavy atom. The Kier molecular flexibility index (Phi) is 6.74. The van der Waals surface area contributed by atoms with Crippen LogP contribution in [-0.4, -0.2) is 46.5 Å². The molecule has 4 rings (SSSR count). The molecule has 178 valence electrons. The molecule has 0 radical (unpaired) electrons. The standard InChI is InChI=1S/C25H21N3O6S/c1-4-12-34-17-9-7-15(8-10-17)20(29)18-19(16-6-5-11-26-13-16)28(23(31)21(18)30)25-27-14(2)22(35-25)24(32)33-3/h4-11,13,19,29H,1,12H2,2-3H3/t19-/m1/s1. The highest BCUT2D eigenvalue weighted by Gasteiger charge is 2.48. The largest absolute Gasteiger partial charge is 0.507 e. The Bertz CT molecular complexity index is 1330. The van der Waals surface area contributed by atoms with Crippen LogP contribution in [0.5, 0.6) is 5.75 Å². The van der Waals surface area contributed by atoms with E-state index >= 15 is 0 Å². The number of nitrogens with zero attached hydrogens (tertiary/aromatic N) is 3. The van der Waals surface area contributed by atoms with Crippen molar-refractivity contribution in [2.75, 3.05) is 18.6 Å². The predicted octanol–water partition coefficient (Wildman–Crippen LogP) is 3.82. The molecule has 1 aromatic carbocycles. The second kappa shape index (κ2) is 9.90. The number of benzene rings is 1. The lowest BCUT2D eigenvalue weighted by molar-refractivity contribution is -0.132. The van der Waals surface area contributed by atoms with Crippen LogP contribution in [0.4, 0.5) is 5.13 Å². The quantitative estimate of drug-likeness (QED) is 0.174. The van der Waals surface area contributed by atoms with Gasteiger partial charge in [-0.2, -0.15) is 0 Å². The zero-order valence-corrected chi connectivity index (χ0v) is 19.7. The minimum atomic E-state index is -1.00. The highest BCUT2D eigenvalue weighted by atomic mass is 32.1. The van der Waals surface area contributed by atoms with Crippen molar-refractivity contribution in [1.29, 1.82) is 0 Å². The van der Waals surface area contributed by atoms with Crippen molar-refractivity contribution in [2.24, 2.45) is 0 Å². The van der Waals surface area contributed by atoms with Gasteiger partial charge in [-0.1, -0.05) is 30.1 Å². The van der Waals surface area contributed by atoms with Gasteiger partial charge in [0.25, 0.3) is 5.78 Å². The number of aromatic nitrogens is 2. The summed E-state index contributed by atoms with van der Waals surface area (Å²) in [6.07, 6.45) is 4.67. The number of Topliss-reactive ketones (excluding diaryl/α,β-unsaturated/α-hetero) is 1. The molecule has 1 saturated heterocycles. The highest BCUT2D eigenvalue weighted by molar-refractivity contribution is 7.17. The number of pyridine rings is 1. The number of hydrogen-bond acceptors (Lipinski definition) is 9. The average Bonchev–Trinajstić information content (AvgIpc) is 3.39. The number of carbonyl (C=O) groups is 3. The Balaban J connectivity index is 1.84. The average molecular weight is 492 g/mol. The third kappa shape index (κ3) is 4.43. The molecule has 3 heterocycles. The number of esters is 1. The van der Waals surface area contributed by atoms with Gasteiger partial charge in [-0.05, 0) is 42.8 Å². The number of hydrogen-bond donors (Lipinski definition) is 1. The summed E-state index contributed by atoms with van der Waals surface area (Å²) in [6.45, 7) is 5.53. The molecular weight excluding hydrogens is 470 g/mol. The molecule has 3 aromatic rings. The van der Waals surface area contributed by atoms with Crippen LogP contribution in [0.15, 0.2) is 67.0 Å². The molecule has 1 N–H and O–H groups in total. The van der Waals surface area contributed by atoms with Crippen molar-refractivity contribution in [3.63, 3.8) is 0 Å². The van der Waals surface area contributed by atoms with E-state index in [4.69, 9.17) is 9.47 Å². The first-order valence-corrected chi connectivity index (χ1v) is 11.3. The topological polar surface area (TPSA) is 119 Å². The molecule has 0 spiro atoms. The summed E-state index contributed by atoms with van der Waals surface area (Å²) in [6, 6.07) is 8.80. The smallest absolute Gasteiger partial charge is 0.350 e. The number of aryl methyl sites for hydroxylation is 1. The van der Waals surface area contributed by atoms with Crippen LogP contribution in [0.2, 0.25) is 0 Å². The summed E-state index contributed by atoms with van der Waals surface area (Å²) >= 11 is 0.931. The minimum absolute atomic E-state index is 0.116. The molecular formula is C25H21N3O6S. The Morgan fingerprint density at radius 2 is 2.00 bits per heavy atom. The molecule has 1 aliphatic heterocycles. The van der Waals surface area contributed by atoms with Gasteiger partial charge in [-0.25, -0.2) is 9.78 Å². The summed E-state index contributed by atoms with van der Waals surface area (Å²) in [4.78, 5) is 48.4. The molecule has 1 amide bonds. The molecule has 9 nitrogen and oxygen atoms in total. The summed E-state index contributed by atoms with van der Waals surface area (Å²) in [5, 5.41) is 11.3. The van der Waals surface area contributed by atoms with Gasteiger partial charge < -0.3 is 14.6 Å². The second-order valence-corrected chi connectivity index (χ2v) is 8.46. The number of aliphatic hydroxyl groups is 1. The van der Waals surface area contributed by atoms with Crippen LogP contribution in [0.3, 0.4) is 0 Å². The SMILES string of the molecule is C=CCOc1ccc(C(O)=C2C(=O)C(=O)N(c3nc(C)c(C(=O)OC)s3)[C@@H]2c2cccnc2)cc1. The van der Waals surface area contributed by atoms with Crippen LogP contribution in [0.1, 0.15) is 32.5 Å². The van der Waals surface area contributed by atoms with E-state index in [1.54, 1.807) is 55.6 Å². The number of anilines is 1. The number of rotatable bonds is 7. The zero-order valence-electron chi connectivity index (χ0n) is 18.9. The normalized spacial score (nSPS) is 16.9. The molecule has 1 aliphatic rings. The summed E-state index contributed by atoms with van der Waals surface area (Å²) in [5.74, 6) is -2.15. The minimum Gasteiger partial charge on any atom is -0.507 e. The lowest BCUT2D eigenvalue weighted by Crippen LogP contribution is -2.29. The fourth-order valence-corrected chi connectivity index (χ4v) is 4.68. The maximum atomic E-state index is 13.2. The molecule has 0 saturated carbocycles. The lowest BCUT2D eigenvalue weighted by Gasteiger charge is -2.22. The first kappa shape index (κ1) is 23.8. The number of ether oxygens (including phenoxy) is 2. The maximum absolute atomic E-state index is 13.2. The molecule has 35 heavy (non-hydrogen) atoms. The second-order valence-electron chi connectivity index (χ2n) is 7.48. The van der Waals surface area contributed by atoms with Gasteiger partial charge in [0.15, 0.2) is 5.13 Å². The van der Waals surface area contributed by atoms with Crippen molar-refractivity contribution in [3.05, 3.63) is 88.7 Å².